The highest BCUT2D eigenvalue weighted by Crippen LogP contribution is 2.24. The third-order valence-corrected chi connectivity index (χ3v) is 5.45. The van der Waals surface area contributed by atoms with Crippen LogP contribution < -0.4 is 5.19 Å². The maximum absolute atomic E-state index is 8.00. The second kappa shape index (κ2) is 3.21. The van der Waals surface area contributed by atoms with Gasteiger partial charge in [0.05, 0.1) is 9.44 Å². The zero-order valence-electron chi connectivity index (χ0n) is 10.1. The maximum Gasteiger partial charge on any atom is 0.0776 e. The number of hydrogen-bond donors (Lipinski definition) is 0. The van der Waals surface area contributed by atoms with Gasteiger partial charge in [0.1, 0.15) is 0 Å². The Labute approximate surface area is 92.0 Å². The van der Waals surface area contributed by atoms with E-state index in [2.05, 4.69) is 37.8 Å². The molecule has 0 aliphatic heterocycles. The lowest BCUT2D eigenvalue weighted by atomic mass is 10.2. The number of hydrogen-bond acceptors (Lipinski definition) is 1. The number of fused-ring (bicyclic) bond motifs is 1. The summed E-state index contributed by atoms with van der Waals surface area (Å²) < 4.78 is 9.24. The van der Waals surface area contributed by atoms with Crippen molar-refractivity contribution in [3.05, 3.63) is 29.1 Å². The van der Waals surface area contributed by atoms with E-state index in [1.54, 1.807) is 11.3 Å². The summed E-state index contributed by atoms with van der Waals surface area (Å²) >= 11 is 1.73. The van der Waals surface area contributed by atoms with E-state index < -0.39 is 8.07 Å². The molecule has 1 aromatic carbocycles. The minimum Gasteiger partial charge on any atom is -0.141 e. The van der Waals surface area contributed by atoms with Gasteiger partial charge in [-0.1, -0.05) is 37.0 Å². The van der Waals surface area contributed by atoms with E-state index in [-0.39, 0.29) is 0 Å². The molecule has 0 saturated carbocycles. The van der Waals surface area contributed by atoms with Crippen molar-refractivity contribution in [1.82, 2.24) is 0 Å². The highest BCUT2D eigenvalue weighted by atomic mass is 32.1. The molecule has 0 unspecified atom stereocenters. The molecule has 0 aliphatic rings. The molecule has 0 radical (unpaired) electrons. The van der Waals surface area contributed by atoms with Crippen LogP contribution in [0.3, 0.4) is 0 Å². The van der Waals surface area contributed by atoms with Crippen LogP contribution in [0.4, 0.5) is 0 Å². The van der Waals surface area contributed by atoms with E-state index in [1.807, 2.05) is 6.92 Å². The largest absolute Gasteiger partial charge is 0.141 e. The summed E-state index contributed by atoms with van der Waals surface area (Å²) in [5.41, 5.74) is 0. The van der Waals surface area contributed by atoms with Gasteiger partial charge in [-0.25, -0.2) is 0 Å². The second-order valence-corrected chi connectivity index (χ2v) is 11.1. The van der Waals surface area contributed by atoms with Gasteiger partial charge in [0, 0.05) is 9.58 Å². The lowest BCUT2D eigenvalue weighted by Crippen LogP contribution is -2.37. The lowest BCUT2D eigenvalue weighted by molar-refractivity contribution is 1.65. The van der Waals surface area contributed by atoms with Crippen molar-refractivity contribution in [2.24, 2.45) is 0 Å². The van der Waals surface area contributed by atoms with E-state index in [1.165, 1.54) is 9.89 Å². The molecule has 74 valence electrons. The summed E-state index contributed by atoms with van der Waals surface area (Å²) in [4.78, 5) is 1.12. The van der Waals surface area contributed by atoms with Gasteiger partial charge in [0.15, 0.2) is 0 Å². The normalized spacial score (nSPS) is 13.3. The summed E-state index contributed by atoms with van der Waals surface area (Å²) in [6.07, 6.45) is 0. The molecule has 0 atom stereocenters. The molecule has 0 N–H and O–H groups in total. The molecule has 0 amide bonds. The van der Waals surface area contributed by atoms with Crippen LogP contribution in [0, 0.1) is 6.92 Å². The molecule has 0 fully saturated rings. The quantitative estimate of drug-likeness (QED) is 0.643. The first kappa shape index (κ1) is 8.68. The van der Waals surface area contributed by atoms with Crippen LogP contribution in [0.5, 0.6) is 0 Å². The number of rotatable bonds is 1. The maximum atomic E-state index is 8.00. The van der Waals surface area contributed by atoms with Crippen molar-refractivity contribution in [3.63, 3.8) is 0 Å². The number of aryl methyl sites for hydroxylation is 1. The Hall–Kier alpha value is -0.603. The van der Waals surface area contributed by atoms with Crippen LogP contribution in [-0.4, -0.2) is 8.07 Å². The van der Waals surface area contributed by atoms with E-state index in [9.17, 15) is 0 Å². The van der Waals surface area contributed by atoms with Crippen LogP contribution in [0.2, 0.25) is 19.6 Å². The van der Waals surface area contributed by atoms with Crippen LogP contribution in [0.25, 0.3) is 10.1 Å². The Morgan fingerprint density at radius 3 is 2.64 bits per heavy atom. The molecule has 0 bridgehead atoms. The predicted molar refractivity (Wildman–Crippen MR) is 69.5 cm³/mol. The van der Waals surface area contributed by atoms with Crippen molar-refractivity contribution in [2.45, 2.75) is 26.6 Å². The predicted octanol–water partition coefficient (Wildman–Crippen LogP) is 3.75. The molecule has 1 aromatic heterocycles. The fourth-order valence-electron chi connectivity index (χ4n) is 1.56. The molecule has 2 aromatic rings. The third-order valence-electron chi connectivity index (χ3n) is 2.42. The van der Waals surface area contributed by atoms with Gasteiger partial charge in [-0.2, -0.15) is 0 Å². The second-order valence-electron chi connectivity index (χ2n) is 4.74. The summed E-state index contributed by atoms with van der Waals surface area (Å²) in [6.45, 7) is 9.06. The van der Waals surface area contributed by atoms with Gasteiger partial charge in [-0.15, -0.1) is 11.3 Å². The van der Waals surface area contributed by atoms with Gasteiger partial charge in [-0.3, -0.25) is 0 Å². The van der Waals surface area contributed by atoms with Gasteiger partial charge >= 0.3 is 0 Å². The monoisotopic (exact) mass is 221 g/mol. The Kier molecular flexibility index (Phi) is 1.99. The summed E-state index contributed by atoms with van der Waals surface area (Å²) in [5, 5.41) is 2.58. The highest BCUT2D eigenvalue weighted by Gasteiger charge is 2.16. The topological polar surface area (TPSA) is 0 Å². The van der Waals surface area contributed by atoms with E-state index in [4.69, 9.17) is 1.37 Å². The first-order chi connectivity index (χ1) is 6.89. The fourth-order valence-corrected chi connectivity index (χ4v) is 3.57. The Morgan fingerprint density at radius 1 is 1.29 bits per heavy atom. The van der Waals surface area contributed by atoms with Crippen molar-refractivity contribution in [3.8, 4) is 0 Å². The Bertz CT molecular complexity index is 508. The minimum atomic E-state index is -1.24. The van der Waals surface area contributed by atoms with Gasteiger partial charge in [0.25, 0.3) is 0 Å². The zero-order chi connectivity index (χ0) is 11.2. The van der Waals surface area contributed by atoms with Crippen molar-refractivity contribution < 1.29 is 1.37 Å². The first-order valence-corrected chi connectivity index (χ1v) is 9.21. The smallest absolute Gasteiger partial charge is 0.0776 e. The van der Waals surface area contributed by atoms with Crippen molar-refractivity contribution in [2.75, 3.05) is 0 Å². The van der Waals surface area contributed by atoms with Crippen LogP contribution >= 0.6 is 11.3 Å². The number of thiophene rings is 1. The zero-order valence-corrected chi connectivity index (χ0v) is 11.0. The first-order valence-electron chi connectivity index (χ1n) is 5.40. The van der Waals surface area contributed by atoms with Crippen LogP contribution in [0.15, 0.2) is 24.2 Å². The Balaban J connectivity index is 2.70. The molecule has 1 heterocycles. The fraction of sp³-hybridized carbons (Fsp3) is 0.333. The molecule has 0 spiro atoms. The number of benzene rings is 1. The summed E-state index contributed by atoms with van der Waals surface area (Å²) in [7, 11) is -1.24. The van der Waals surface area contributed by atoms with E-state index >= 15 is 0 Å². The average Bonchev–Trinajstić information content (AvgIpc) is 2.41. The molecular formula is C12H16SSi. The highest BCUT2D eigenvalue weighted by molar-refractivity contribution is 7.19. The van der Waals surface area contributed by atoms with E-state index in [0.717, 1.165) is 16.3 Å². The Morgan fingerprint density at radius 2 is 2.00 bits per heavy atom. The SMILES string of the molecule is [2H]c1c(C)sc2ccc([Si](C)(C)C)cc12. The summed E-state index contributed by atoms with van der Waals surface area (Å²) in [6, 6.07) is 7.37. The molecule has 0 aliphatic carbocycles. The molecule has 0 saturated heterocycles. The van der Waals surface area contributed by atoms with Crippen LogP contribution in [-0.2, 0) is 0 Å². The standard InChI is InChI=1S/C12H16SSi/c1-9-7-10-8-11(14(2,3)4)5-6-12(10)13-9/h5-8H,1-4H3/i7D. The molecule has 2 heteroatoms. The van der Waals surface area contributed by atoms with Crippen molar-refractivity contribution >= 4 is 34.7 Å². The van der Waals surface area contributed by atoms with Crippen LogP contribution in [0.1, 0.15) is 6.25 Å². The van der Waals surface area contributed by atoms with Gasteiger partial charge < -0.3 is 0 Å². The minimum absolute atomic E-state index is 0.718. The van der Waals surface area contributed by atoms with Crippen molar-refractivity contribution in [1.29, 1.82) is 0 Å². The molecular weight excluding hydrogens is 204 g/mol. The molecule has 2 rings (SSSR count). The molecule has 0 nitrogen and oxygen atoms in total. The van der Waals surface area contributed by atoms with E-state index in [0.29, 0.717) is 0 Å². The van der Waals surface area contributed by atoms with Gasteiger partial charge in [0.2, 0.25) is 0 Å². The third kappa shape index (κ3) is 1.77. The molecule has 14 heavy (non-hydrogen) atoms. The summed E-state index contributed by atoms with van der Waals surface area (Å²) in [5.74, 6) is 0. The van der Waals surface area contributed by atoms with Gasteiger partial charge in [-0.05, 0) is 24.4 Å². The lowest BCUT2D eigenvalue weighted by Gasteiger charge is -2.16. The average molecular weight is 221 g/mol.